The van der Waals surface area contributed by atoms with E-state index in [9.17, 15) is 15.0 Å². The Kier molecular flexibility index (Phi) is 3.20. The predicted octanol–water partition coefficient (Wildman–Crippen LogP) is 3.50. The van der Waals surface area contributed by atoms with Gasteiger partial charge in [0.05, 0.1) is 0 Å². The number of hydrogen-bond acceptors (Lipinski definition) is 3. The van der Waals surface area contributed by atoms with E-state index >= 15 is 0 Å². The third-order valence-electron chi connectivity index (χ3n) is 3.29. The molecule has 4 nitrogen and oxygen atoms in total. The molecule has 0 aliphatic heterocycles. The highest BCUT2D eigenvalue weighted by atomic mass is 16.3. The zero-order valence-electron chi connectivity index (χ0n) is 11.1. The number of hydrogen-bond donors (Lipinski definition) is 3. The Morgan fingerprint density at radius 1 is 0.810 bits per heavy atom. The molecule has 4 heteroatoms. The van der Waals surface area contributed by atoms with Crippen LogP contribution in [0.25, 0.3) is 10.8 Å². The Morgan fingerprint density at radius 2 is 1.43 bits per heavy atom. The lowest BCUT2D eigenvalue weighted by molar-refractivity contribution is 0.102. The number of aromatic hydroxyl groups is 2. The number of carbonyl (C=O) groups excluding carboxylic acids is 1. The van der Waals surface area contributed by atoms with Crippen molar-refractivity contribution >= 4 is 22.4 Å². The third kappa shape index (κ3) is 2.39. The van der Waals surface area contributed by atoms with E-state index in [4.69, 9.17) is 0 Å². The first-order valence-electron chi connectivity index (χ1n) is 6.47. The van der Waals surface area contributed by atoms with Crippen LogP contribution in [-0.2, 0) is 0 Å². The lowest BCUT2D eigenvalue weighted by Crippen LogP contribution is -2.12. The van der Waals surface area contributed by atoms with E-state index in [2.05, 4.69) is 5.32 Å². The summed E-state index contributed by atoms with van der Waals surface area (Å²) in [7, 11) is 0. The summed E-state index contributed by atoms with van der Waals surface area (Å²) in [5.74, 6) is -0.740. The zero-order chi connectivity index (χ0) is 14.8. The second-order valence-corrected chi connectivity index (χ2v) is 4.65. The van der Waals surface area contributed by atoms with E-state index in [-0.39, 0.29) is 23.1 Å². The number of phenols is 2. The third-order valence-corrected chi connectivity index (χ3v) is 3.29. The SMILES string of the molecule is O=C(Nc1c(O)cccc1O)c1cccc2ccccc12. The van der Waals surface area contributed by atoms with E-state index in [1.165, 1.54) is 18.2 Å². The van der Waals surface area contributed by atoms with Gasteiger partial charge in [-0.15, -0.1) is 0 Å². The summed E-state index contributed by atoms with van der Waals surface area (Å²) in [6.45, 7) is 0. The summed E-state index contributed by atoms with van der Waals surface area (Å²) in [6.07, 6.45) is 0. The maximum Gasteiger partial charge on any atom is 0.256 e. The number of anilines is 1. The highest BCUT2D eigenvalue weighted by Crippen LogP contribution is 2.33. The van der Waals surface area contributed by atoms with Crippen molar-refractivity contribution in [1.82, 2.24) is 0 Å². The fourth-order valence-corrected chi connectivity index (χ4v) is 2.26. The summed E-state index contributed by atoms with van der Waals surface area (Å²) < 4.78 is 0. The van der Waals surface area contributed by atoms with Crippen molar-refractivity contribution in [3.05, 3.63) is 66.2 Å². The van der Waals surface area contributed by atoms with Gasteiger partial charge in [0.1, 0.15) is 17.2 Å². The molecule has 21 heavy (non-hydrogen) atoms. The van der Waals surface area contributed by atoms with Crippen molar-refractivity contribution in [3.8, 4) is 11.5 Å². The van der Waals surface area contributed by atoms with Gasteiger partial charge in [-0.3, -0.25) is 4.79 Å². The van der Waals surface area contributed by atoms with Crippen LogP contribution in [0.2, 0.25) is 0 Å². The van der Waals surface area contributed by atoms with Crippen molar-refractivity contribution in [2.24, 2.45) is 0 Å². The van der Waals surface area contributed by atoms with Crippen molar-refractivity contribution < 1.29 is 15.0 Å². The molecule has 1 amide bonds. The molecule has 3 N–H and O–H groups in total. The van der Waals surface area contributed by atoms with Crippen molar-refractivity contribution in [3.63, 3.8) is 0 Å². The molecule has 0 aromatic heterocycles. The summed E-state index contributed by atoms with van der Waals surface area (Å²) >= 11 is 0. The molecule has 0 atom stereocenters. The topological polar surface area (TPSA) is 69.6 Å². The largest absolute Gasteiger partial charge is 0.506 e. The van der Waals surface area contributed by atoms with E-state index < -0.39 is 0 Å². The fraction of sp³-hybridized carbons (Fsp3) is 0. The number of para-hydroxylation sites is 1. The molecule has 0 bridgehead atoms. The molecule has 0 aliphatic rings. The van der Waals surface area contributed by atoms with Crippen molar-refractivity contribution in [2.75, 3.05) is 5.32 Å². The van der Waals surface area contributed by atoms with Crippen LogP contribution in [0.5, 0.6) is 11.5 Å². The van der Waals surface area contributed by atoms with Crippen LogP contribution in [-0.4, -0.2) is 16.1 Å². The first kappa shape index (κ1) is 13.0. The molecule has 0 fully saturated rings. The van der Waals surface area contributed by atoms with Gasteiger partial charge in [0.25, 0.3) is 5.91 Å². The van der Waals surface area contributed by atoms with Gasteiger partial charge < -0.3 is 15.5 Å². The second kappa shape index (κ2) is 5.17. The molecule has 0 spiro atoms. The first-order valence-corrected chi connectivity index (χ1v) is 6.47. The molecular weight excluding hydrogens is 266 g/mol. The van der Waals surface area contributed by atoms with Gasteiger partial charge >= 0.3 is 0 Å². The molecule has 0 saturated carbocycles. The smallest absolute Gasteiger partial charge is 0.256 e. The molecule has 104 valence electrons. The van der Waals surface area contributed by atoms with Crippen LogP contribution in [0.4, 0.5) is 5.69 Å². The van der Waals surface area contributed by atoms with Crippen LogP contribution < -0.4 is 5.32 Å². The Morgan fingerprint density at radius 3 is 2.19 bits per heavy atom. The summed E-state index contributed by atoms with van der Waals surface area (Å²) in [6, 6.07) is 17.3. The summed E-state index contributed by atoms with van der Waals surface area (Å²) in [5.41, 5.74) is 0.492. The monoisotopic (exact) mass is 279 g/mol. The minimum absolute atomic E-state index is 0.00966. The van der Waals surface area contributed by atoms with Crippen LogP contribution in [0.15, 0.2) is 60.7 Å². The van der Waals surface area contributed by atoms with Crippen LogP contribution in [0, 0.1) is 0 Å². The Bertz CT molecular complexity index is 802. The standard InChI is InChI=1S/C17H13NO3/c19-14-9-4-10-15(20)16(14)18-17(21)13-8-3-6-11-5-1-2-7-12(11)13/h1-10,19-20H,(H,18,21). The van der Waals surface area contributed by atoms with E-state index in [0.29, 0.717) is 5.56 Å². The average Bonchev–Trinajstić information content (AvgIpc) is 2.50. The number of nitrogens with one attached hydrogen (secondary N) is 1. The van der Waals surface area contributed by atoms with E-state index in [0.717, 1.165) is 10.8 Å². The van der Waals surface area contributed by atoms with Crippen LogP contribution >= 0.6 is 0 Å². The molecule has 3 aromatic rings. The normalized spacial score (nSPS) is 10.5. The van der Waals surface area contributed by atoms with Gasteiger partial charge in [0.2, 0.25) is 0 Å². The Hall–Kier alpha value is -3.01. The van der Waals surface area contributed by atoms with E-state index in [1.807, 2.05) is 30.3 Å². The fourth-order valence-electron chi connectivity index (χ4n) is 2.26. The molecule has 0 aliphatic carbocycles. The van der Waals surface area contributed by atoms with Crippen molar-refractivity contribution in [1.29, 1.82) is 0 Å². The van der Waals surface area contributed by atoms with Gasteiger partial charge in [-0.05, 0) is 29.0 Å². The lowest BCUT2D eigenvalue weighted by atomic mass is 10.0. The summed E-state index contributed by atoms with van der Waals surface area (Å²) in [5, 5.41) is 23.8. The van der Waals surface area contributed by atoms with Gasteiger partial charge in [0, 0.05) is 5.56 Å². The second-order valence-electron chi connectivity index (χ2n) is 4.65. The molecule has 0 saturated heterocycles. The van der Waals surface area contributed by atoms with E-state index in [1.54, 1.807) is 12.1 Å². The lowest BCUT2D eigenvalue weighted by Gasteiger charge is -2.10. The number of carbonyl (C=O) groups is 1. The van der Waals surface area contributed by atoms with Gasteiger partial charge in [0.15, 0.2) is 0 Å². The van der Waals surface area contributed by atoms with Crippen LogP contribution in [0.1, 0.15) is 10.4 Å². The Labute approximate surface area is 121 Å². The maximum atomic E-state index is 12.4. The zero-order valence-corrected chi connectivity index (χ0v) is 11.1. The average molecular weight is 279 g/mol. The highest BCUT2D eigenvalue weighted by Gasteiger charge is 2.14. The molecule has 0 heterocycles. The highest BCUT2D eigenvalue weighted by molar-refractivity contribution is 6.13. The molecule has 0 radical (unpaired) electrons. The Balaban J connectivity index is 2.02. The van der Waals surface area contributed by atoms with Gasteiger partial charge in [-0.25, -0.2) is 0 Å². The van der Waals surface area contributed by atoms with Gasteiger partial charge in [-0.2, -0.15) is 0 Å². The summed E-state index contributed by atoms with van der Waals surface area (Å²) in [4.78, 5) is 12.4. The first-order chi connectivity index (χ1) is 10.2. The number of rotatable bonds is 2. The minimum atomic E-state index is -0.386. The molecule has 3 aromatic carbocycles. The number of benzene rings is 3. The van der Waals surface area contributed by atoms with Crippen LogP contribution in [0.3, 0.4) is 0 Å². The molecule has 0 unspecified atom stereocenters. The van der Waals surface area contributed by atoms with Gasteiger partial charge in [-0.1, -0.05) is 42.5 Å². The molecule has 3 rings (SSSR count). The quantitative estimate of drug-likeness (QED) is 0.629. The number of phenolic OH excluding ortho intramolecular Hbond substituents is 2. The van der Waals surface area contributed by atoms with Crippen molar-refractivity contribution in [2.45, 2.75) is 0 Å². The number of fused-ring (bicyclic) bond motifs is 1. The number of amides is 1. The maximum absolute atomic E-state index is 12.4. The molecular formula is C17H13NO3. The predicted molar refractivity (Wildman–Crippen MR) is 81.7 cm³/mol. The minimum Gasteiger partial charge on any atom is -0.506 e.